The summed E-state index contributed by atoms with van der Waals surface area (Å²) in [5, 5.41) is 21.2. The molecule has 3 N–H and O–H groups in total. The van der Waals surface area contributed by atoms with E-state index in [9.17, 15) is 5.11 Å². The fraction of sp³-hybridized carbons (Fsp3) is 1.00. The first-order chi connectivity index (χ1) is 12.7. The van der Waals surface area contributed by atoms with Gasteiger partial charge in [0.05, 0.1) is 19.3 Å². The molecule has 0 spiro atoms. The van der Waals surface area contributed by atoms with Gasteiger partial charge in [-0.15, -0.1) is 0 Å². The predicted octanol–water partition coefficient (Wildman–Crippen LogP) is 4.67. The van der Waals surface area contributed by atoms with Gasteiger partial charge in [-0.25, -0.2) is 0 Å². The lowest BCUT2D eigenvalue weighted by Gasteiger charge is -2.12. The Labute approximate surface area is 163 Å². The van der Waals surface area contributed by atoms with Gasteiger partial charge in [-0.2, -0.15) is 0 Å². The lowest BCUT2D eigenvalue weighted by molar-refractivity contribution is 0.0350. The molecule has 0 heterocycles. The monoisotopic (exact) mass is 373 g/mol. The fourth-order valence-corrected chi connectivity index (χ4v) is 3.27. The van der Waals surface area contributed by atoms with E-state index in [4.69, 9.17) is 9.84 Å². The molecule has 0 rings (SSSR count). The molecule has 0 fully saturated rings. The quantitative estimate of drug-likeness (QED) is 0.256. The summed E-state index contributed by atoms with van der Waals surface area (Å²) < 4.78 is 5.49. The molecule has 4 heteroatoms. The summed E-state index contributed by atoms with van der Waals surface area (Å²) in [6.07, 6.45) is 17.1. The Morgan fingerprint density at radius 3 is 2.04 bits per heavy atom. The van der Waals surface area contributed by atoms with Crippen molar-refractivity contribution < 1.29 is 14.9 Å². The molecule has 0 aliphatic heterocycles. The summed E-state index contributed by atoms with van der Waals surface area (Å²) in [6.45, 7) is 6.94. The highest BCUT2D eigenvalue weighted by atomic mass is 16.5. The molecule has 0 aromatic rings. The molecule has 0 aliphatic rings. The van der Waals surface area contributed by atoms with Gasteiger partial charge in [0, 0.05) is 19.7 Å². The van der Waals surface area contributed by atoms with Crippen molar-refractivity contribution in [3.05, 3.63) is 0 Å². The molecule has 0 aliphatic carbocycles. The van der Waals surface area contributed by atoms with Crippen LogP contribution in [-0.4, -0.2) is 49.2 Å². The van der Waals surface area contributed by atoms with Gasteiger partial charge in [0.1, 0.15) is 0 Å². The maximum atomic E-state index is 9.64. The van der Waals surface area contributed by atoms with E-state index in [-0.39, 0.29) is 6.61 Å². The Kier molecular flexibility index (Phi) is 21.0. The van der Waals surface area contributed by atoms with Crippen molar-refractivity contribution in [3.63, 3.8) is 0 Å². The van der Waals surface area contributed by atoms with Crippen LogP contribution >= 0.6 is 0 Å². The molecular weight excluding hydrogens is 326 g/mol. The van der Waals surface area contributed by atoms with Crippen LogP contribution in [0.4, 0.5) is 0 Å². The van der Waals surface area contributed by atoms with E-state index in [1.54, 1.807) is 0 Å². The van der Waals surface area contributed by atoms with Gasteiger partial charge < -0.3 is 20.3 Å². The van der Waals surface area contributed by atoms with Gasteiger partial charge in [-0.3, -0.25) is 0 Å². The van der Waals surface area contributed by atoms with E-state index >= 15 is 0 Å². The summed E-state index contributed by atoms with van der Waals surface area (Å²) in [5.41, 5.74) is 0. The van der Waals surface area contributed by atoms with E-state index < -0.39 is 6.10 Å². The molecule has 0 saturated heterocycles. The largest absolute Gasteiger partial charge is 0.395 e. The minimum atomic E-state index is -0.476. The molecule has 0 bridgehead atoms. The van der Waals surface area contributed by atoms with Gasteiger partial charge in [-0.1, -0.05) is 90.9 Å². The molecule has 0 saturated carbocycles. The predicted molar refractivity (Wildman–Crippen MR) is 112 cm³/mol. The normalized spacial score (nSPS) is 13.8. The number of ether oxygens (including phenoxy) is 1. The van der Waals surface area contributed by atoms with Crippen molar-refractivity contribution in [1.29, 1.82) is 0 Å². The third kappa shape index (κ3) is 20.2. The van der Waals surface area contributed by atoms with Crippen molar-refractivity contribution in [3.8, 4) is 0 Å². The Morgan fingerprint density at radius 1 is 0.846 bits per heavy atom. The van der Waals surface area contributed by atoms with Gasteiger partial charge in [0.25, 0.3) is 0 Å². The first-order valence-corrected chi connectivity index (χ1v) is 11.3. The molecule has 0 radical (unpaired) electrons. The van der Waals surface area contributed by atoms with Crippen LogP contribution in [0.25, 0.3) is 0 Å². The second kappa shape index (κ2) is 21.1. The van der Waals surface area contributed by atoms with Gasteiger partial charge in [0.2, 0.25) is 0 Å². The summed E-state index contributed by atoms with van der Waals surface area (Å²) >= 11 is 0. The summed E-state index contributed by atoms with van der Waals surface area (Å²) in [7, 11) is 0. The summed E-state index contributed by atoms with van der Waals surface area (Å²) in [4.78, 5) is 0. The zero-order valence-electron chi connectivity index (χ0n) is 17.7. The van der Waals surface area contributed by atoms with Gasteiger partial charge >= 0.3 is 0 Å². The number of aliphatic hydroxyl groups is 2. The van der Waals surface area contributed by atoms with E-state index in [2.05, 4.69) is 19.2 Å². The standard InChI is InChI=1S/C22H47NO3/c1-3-4-5-11-14-21(2)15-12-9-7-6-8-10-13-18-26-20-22(25)19-23-16-17-24/h21-25H,3-20H2,1-2H3. The number of rotatable bonds is 21. The summed E-state index contributed by atoms with van der Waals surface area (Å²) in [6, 6.07) is 0. The van der Waals surface area contributed by atoms with Crippen molar-refractivity contribution in [2.24, 2.45) is 5.92 Å². The topological polar surface area (TPSA) is 61.7 Å². The Balaban J connectivity index is 3.17. The van der Waals surface area contributed by atoms with E-state index in [0.717, 1.165) is 18.9 Å². The smallest absolute Gasteiger partial charge is 0.0897 e. The van der Waals surface area contributed by atoms with Crippen LogP contribution in [-0.2, 0) is 4.74 Å². The van der Waals surface area contributed by atoms with Crippen LogP contribution < -0.4 is 5.32 Å². The summed E-state index contributed by atoms with van der Waals surface area (Å²) in [5.74, 6) is 0.915. The zero-order valence-corrected chi connectivity index (χ0v) is 17.7. The Morgan fingerprint density at radius 2 is 1.42 bits per heavy atom. The molecule has 0 aromatic carbocycles. The molecule has 158 valence electrons. The van der Waals surface area contributed by atoms with Crippen LogP contribution in [0, 0.1) is 5.92 Å². The minimum Gasteiger partial charge on any atom is -0.395 e. The van der Waals surface area contributed by atoms with Gasteiger partial charge in [-0.05, 0) is 12.3 Å². The second-order valence-corrected chi connectivity index (χ2v) is 7.87. The highest BCUT2D eigenvalue weighted by Crippen LogP contribution is 2.18. The second-order valence-electron chi connectivity index (χ2n) is 7.87. The van der Waals surface area contributed by atoms with E-state index in [0.29, 0.717) is 19.7 Å². The fourth-order valence-electron chi connectivity index (χ4n) is 3.27. The van der Waals surface area contributed by atoms with E-state index in [1.165, 1.54) is 77.0 Å². The average molecular weight is 374 g/mol. The van der Waals surface area contributed by atoms with Crippen LogP contribution in [0.5, 0.6) is 0 Å². The Hall–Kier alpha value is -0.160. The molecule has 26 heavy (non-hydrogen) atoms. The maximum absolute atomic E-state index is 9.64. The number of hydrogen-bond donors (Lipinski definition) is 3. The number of hydrogen-bond acceptors (Lipinski definition) is 4. The van der Waals surface area contributed by atoms with Gasteiger partial charge in [0.15, 0.2) is 0 Å². The van der Waals surface area contributed by atoms with Crippen LogP contribution in [0.15, 0.2) is 0 Å². The SMILES string of the molecule is CCCCCCC(C)CCCCCCCCCOCC(O)CNCCO. The molecule has 2 unspecified atom stereocenters. The highest BCUT2D eigenvalue weighted by Gasteiger charge is 2.03. The highest BCUT2D eigenvalue weighted by molar-refractivity contribution is 4.58. The number of nitrogens with one attached hydrogen (secondary N) is 1. The number of unbranched alkanes of at least 4 members (excludes halogenated alkanes) is 9. The zero-order chi connectivity index (χ0) is 19.3. The number of aliphatic hydroxyl groups excluding tert-OH is 2. The molecule has 2 atom stereocenters. The first kappa shape index (κ1) is 25.8. The average Bonchev–Trinajstić information content (AvgIpc) is 2.63. The third-order valence-corrected chi connectivity index (χ3v) is 5.01. The molecule has 0 aromatic heterocycles. The minimum absolute atomic E-state index is 0.103. The van der Waals surface area contributed by atoms with Crippen LogP contribution in [0.3, 0.4) is 0 Å². The lowest BCUT2D eigenvalue weighted by atomic mass is 9.96. The third-order valence-electron chi connectivity index (χ3n) is 5.01. The molecule has 4 nitrogen and oxygen atoms in total. The lowest BCUT2D eigenvalue weighted by Crippen LogP contribution is -2.32. The Bertz CT molecular complexity index is 264. The van der Waals surface area contributed by atoms with Crippen molar-refractivity contribution >= 4 is 0 Å². The van der Waals surface area contributed by atoms with Crippen molar-refractivity contribution in [2.45, 2.75) is 103 Å². The van der Waals surface area contributed by atoms with Crippen LogP contribution in [0.1, 0.15) is 97.3 Å². The first-order valence-electron chi connectivity index (χ1n) is 11.3. The van der Waals surface area contributed by atoms with E-state index in [1.807, 2.05) is 0 Å². The molecule has 0 amide bonds. The molecular formula is C22H47NO3. The van der Waals surface area contributed by atoms with Crippen molar-refractivity contribution in [2.75, 3.05) is 32.9 Å². The maximum Gasteiger partial charge on any atom is 0.0897 e. The van der Waals surface area contributed by atoms with Crippen molar-refractivity contribution in [1.82, 2.24) is 5.32 Å². The van der Waals surface area contributed by atoms with Crippen LogP contribution in [0.2, 0.25) is 0 Å².